The average molecular weight is 210 g/mol. The molecule has 0 aromatic rings. The van der Waals surface area contributed by atoms with Gasteiger partial charge in [0.2, 0.25) is 5.91 Å². The minimum absolute atomic E-state index is 0.288. The molecule has 2 rings (SSSR count). The maximum Gasteiger partial charge on any atom is 0.237 e. The highest BCUT2D eigenvalue weighted by Crippen LogP contribution is 2.52. The van der Waals surface area contributed by atoms with Gasteiger partial charge in [-0.2, -0.15) is 0 Å². The maximum atomic E-state index is 11.7. The summed E-state index contributed by atoms with van der Waals surface area (Å²) in [6, 6.07) is 0. The topological polar surface area (TPSA) is 32.3 Å². The molecule has 2 aliphatic rings. The van der Waals surface area contributed by atoms with Crippen LogP contribution in [0.2, 0.25) is 0 Å². The summed E-state index contributed by atoms with van der Waals surface area (Å²) in [5.74, 6) is 1.01. The second-order valence-electron chi connectivity index (χ2n) is 5.62. The summed E-state index contributed by atoms with van der Waals surface area (Å²) in [6.07, 6.45) is 3.79. The molecule has 2 unspecified atom stereocenters. The molecule has 1 aliphatic carbocycles. The summed E-state index contributed by atoms with van der Waals surface area (Å²) >= 11 is 0. The zero-order valence-electron chi connectivity index (χ0n) is 10.0. The van der Waals surface area contributed by atoms with Gasteiger partial charge in [0.15, 0.2) is 0 Å². The van der Waals surface area contributed by atoms with Crippen molar-refractivity contribution in [1.82, 2.24) is 10.2 Å². The van der Waals surface area contributed by atoms with E-state index in [4.69, 9.17) is 0 Å². The molecule has 2 fully saturated rings. The van der Waals surface area contributed by atoms with E-state index in [1.165, 1.54) is 6.42 Å². The van der Waals surface area contributed by atoms with E-state index in [-0.39, 0.29) is 5.91 Å². The fourth-order valence-corrected chi connectivity index (χ4v) is 2.48. The standard InChI is InChI=1S/C12H22N2O/c1-4-5-10-13-7-11(15)14(10)8-9-6-12(9,2)3/h9-10,13H,4-8H2,1-3H3. The predicted molar refractivity (Wildman–Crippen MR) is 60.3 cm³/mol. The molecule has 3 nitrogen and oxygen atoms in total. The van der Waals surface area contributed by atoms with Crippen molar-refractivity contribution in [1.29, 1.82) is 0 Å². The number of hydrogen-bond donors (Lipinski definition) is 1. The van der Waals surface area contributed by atoms with Crippen LogP contribution in [0.4, 0.5) is 0 Å². The SMILES string of the molecule is CCCC1NCC(=O)N1CC1CC1(C)C. The van der Waals surface area contributed by atoms with Gasteiger partial charge >= 0.3 is 0 Å². The third kappa shape index (κ3) is 2.17. The van der Waals surface area contributed by atoms with Gasteiger partial charge in [0.05, 0.1) is 12.7 Å². The monoisotopic (exact) mass is 210 g/mol. The summed E-state index contributed by atoms with van der Waals surface area (Å²) < 4.78 is 0. The molecule has 0 bridgehead atoms. The highest BCUT2D eigenvalue weighted by Gasteiger charge is 2.48. The maximum absolute atomic E-state index is 11.7. The van der Waals surface area contributed by atoms with E-state index in [1.807, 2.05) is 0 Å². The lowest BCUT2D eigenvalue weighted by Gasteiger charge is -2.24. The van der Waals surface area contributed by atoms with Gasteiger partial charge in [0.1, 0.15) is 0 Å². The van der Waals surface area contributed by atoms with E-state index in [0.29, 0.717) is 18.1 Å². The van der Waals surface area contributed by atoms with Crippen molar-refractivity contribution in [2.75, 3.05) is 13.1 Å². The molecule has 0 spiro atoms. The Bertz CT molecular complexity index is 262. The van der Waals surface area contributed by atoms with Crippen LogP contribution < -0.4 is 5.32 Å². The molecule has 15 heavy (non-hydrogen) atoms. The molecule has 0 aromatic heterocycles. The minimum atomic E-state index is 0.288. The number of hydrogen-bond acceptors (Lipinski definition) is 2. The fourth-order valence-electron chi connectivity index (χ4n) is 2.48. The number of rotatable bonds is 4. The Morgan fingerprint density at radius 2 is 2.20 bits per heavy atom. The second kappa shape index (κ2) is 3.78. The van der Waals surface area contributed by atoms with Gasteiger partial charge in [-0.25, -0.2) is 0 Å². The van der Waals surface area contributed by atoms with Crippen LogP contribution in [0, 0.1) is 11.3 Å². The van der Waals surface area contributed by atoms with Crippen molar-refractivity contribution in [3.05, 3.63) is 0 Å². The Labute approximate surface area is 92.2 Å². The Hall–Kier alpha value is -0.570. The first kappa shape index (κ1) is 10.9. The summed E-state index contributed by atoms with van der Waals surface area (Å²) in [4.78, 5) is 13.8. The Balaban J connectivity index is 1.91. The zero-order chi connectivity index (χ0) is 11.1. The first-order valence-corrected chi connectivity index (χ1v) is 6.07. The van der Waals surface area contributed by atoms with E-state index in [9.17, 15) is 4.79 Å². The fraction of sp³-hybridized carbons (Fsp3) is 0.917. The summed E-state index contributed by atoms with van der Waals surface area (Å²) in [5.41, 5.74) is 0.472. The van der Waals surface area contributed by atoms with Crippen LogP contribution in [-0.2, 0) is 4.79 Å². The third-order valence-electron chi connectivity index (χ3n) is 3.88. The largest absolute Gasteiger partial charge is 0.326 e. The Morgan fingerprint density at radius 3 is 2.73 bits per heavy atom. The van der Waals surface area contributed by atoms with Crippen molar-refractivity contribution in [2.45, 2.75) is 46.2 Å². The number of nitrogens with one attached hydrogen (secondary N) is 1. The van der Waals surface area contributed by atoms with Crippen LogP contribution in [-0.4, -0.2) is 30.1 Å². The molecule has 1 N–H and O–H groups in total. The van der Waals surface area contributed by atoms with E-state index < -0.39 is 0 Å². The molecule has 3 heteroatoms. The van der Waals surface area contributed by atoms with Gasteiger partial charge < -0.3 is 4.90 Å². The predicted octanol–water partition coefficient (Wildman–Crippen LogP) is 1.59. The number of amides is 1. The molecule has 2 atom stereocenters. The lowest BCUT2D eigenvalue weighted by atomic mass is 10.1. The summed E-state index contributed by atoms with van der Waals surface area (Å²) in [5, 5.41) is 3.29. The summed E-state index contributed by atoms with van der Waals surface area (Å²) in [7, 11) is 0. The molecular formula is C12H22N2O. The Morgan fingerprint density at radius 1 is 1.53 bits per heavy atom. The number of carbonyl (C=O) groups is 1. The smallest absolute Gasteiger partial charge is 0.237 e. The van der Waals surface area contributed by atoms with Gasteiger partial charge in [-0.15, -0.1) is 0 Å². The highest BCUT2D eigenvalue weighted by atomic mass is 16.2. The molecule has 86 valence electrons. The van der Waals surface area contributed by atoms with Crippen LogP contribution in [0.15, 0.2) is 0 Å². The van der Waals surface area contributed by atoms with Crippen LogP contribution >= 0.6 is 0 Å². The van der Waals surface area contributed by atoms with Crippen molar-refractivity contribution in [3.63, 3.8) is 0 Å². The van der Waals surface area contributed by atoms with Crippen molar-refractivity contribution in [3.8, 4) is 0 Å². The molecule has 1 aliphatic heterocycles. The zero-order valence-corrected chi connectivity index (χ0v) is 10.0. The molecule has 1 amide bonds. The van der Waals surface area contributed by atoms with Crippen molar-refractivity contribution < 1.29 is 4.79 Å². The Kier molecular flexibility index (Phi) is 2.75. The first-order valence-electron chi connectivity index (χ1n) is 6.07. The molecule has 0 radical (unpaired) electrons. The van der Waals surface area contributed by atoms with Crippen LogP contribution in [0.25, 0.3) is 0 Å². The van der Waals surface area contributed by atoms with Crippen molar-refractivity contribution >= 4 is 5.91 Å². The van der Waals surface area contributed by atoms with Gasteiger partial charge in [-0.1, -0.05) is 27.2 Å². The van der Waals surface area contributed by atoms with Gasteiger partial charge in [-0.3, -0.25) is 10.1 Å². The quantitative estimate of drug-likeness (QED) is 0.764. The second-order valence-corrected chi connectivity index (χ2v) is 5.62. The number of carbonyl (C=O) groups excluding carboxylic acids is 1. The number of nitrogens with zero attached hydrogens (tertiary/aromatic N) is 1. The van der Waals surface area contributed by atoms with E-state index in [1.54, 1.807) is 0 Å². The highest BCUT2D eigenvalue weighted by molar-refractivity contribution is 5.80. The van der Waals surface area contributed by atoms with E-state index in [2.05, 4.69) is 31.0 Å². The van der Waals surface area contributed by atoms with Crippen molar-refractivity contribution in [2.24, 2.45) is 11.3 Å². The van der Waals surface area contributed by atoms with E-state index in [0.717, 1.165) is 25.3 Å². The molecule has 0 aromatic carbocycles. The minimum Gasteiger partial charge on any atom is -0.326 e. The molecule has 1 saturated heterocycles. The van der Waals surface area contributed by atoms with Gasteiger partial charge in [-0.05, 0) is 24.2 Å². The van der Waals surface area contributed by atoms with Crippen LogP contribution in [0.1, 0.15) is 40.0 Å². The van der Waals surface area contributed by atoms with Crippen LogP contribution in [0.3, 0.4) is 0 Å². The normalized spacial score (nSPS) is 33.5. The van der Waals surface area contributed by atoms with Gasteiger partial charge in [0, 0.05) is 6.54 Å². The van der Waals surface area contributed by atoms with E-state index >= 15 is 0 Å². The molecule has 1 heterocycles. The summed E-state index contributed by atoms with van der Waals surface area (Å²) in [6.45, 7) is 8.26. The lowest BCUT2D eigenvalue weighted by Crippen LogP contribution is -2.39. The lowest BCUT2D eigenvalue weighted by molar-refractivity contribution is -0.128. The molecule has 1 saturated carbocycles. The average Bonchev–Trinajstić information content (AvgIpc) is 2.62. The van der Waals surface area contributed by atoms with Crippen LogP contribution in [0.5, 0.6) is 0 Å². The third-order valence-corrected chi connectivity index (χ3v) is 3.88. The molecular weight excluding hydrogens is 188 g/mol. The first-order chi connectivity index (χ1) is 7.04. The van der Waals surface area contributed by atoms with Gasteiger partial charge in [0.25, 0.3) is 0 Å².